The molecule has 1 unspecified atom stereocenters. The monoisotopic (exact) mass is 389 g/mol. The number of ether oxygens (including phenoxy) is 1. The summed E-state index contributed by atoms with van der Waals surface area (Å²) >= 11 is 0. The Morgan fingerprint density at radius 1 is 0.889 bits per heavy atom. The van der Waals surface area contributed by atoms with E-state index < -0.39 is 64.9 Å². The molecule has 0 saturated carbocycles. The van der Waals surface area contributed by atoms with E-state index >= 15 is 0 Å². The number of aliphatic hydroxyl groups is 4. The number of nitrogens with zero attached hydrogens (tertiary/aromatic N) is 1. The van der Waals surface area contributed by atoms with Gasteiger partial charge in [0.2, 0.25) is 17.4 Å². The standard InChI is InChI=1S/C16H23NO10/c1-7(19)14(25)13(24)12(6-18)27-16(26,9(3)21)15(14,8(2)20)17(10(4)22)11(5)23/h12-13,18,24-26H,6H2,1-5H3/t12-,13-,14+,15+,16?/m1/s1. The maximum Gasteiger partial charge on any atom is 0.262 e. The van der Waals surface area contributed by atoms with Gasteiger partial charge >= 0.3 is 0 Å². The molecular formula is C16H23NO10. The van der Waals surface area contributed by atoms with Crippen molar-refractivity contribution >= 4 is 29.2 Å². The van der Waals surface area contributed by atoms with Crippen LogP contribution in [0.15, 0.2) is 0 Å². The lowest BCUT2D eigenvalue weighted by molar-refractivity contribution is -0.351. The van der Waals surface area contributed by atoms with Gasteiger partial charge in [0.1, 0.15) is 12.2 Å². The maximum absolute atomic E-state index is 12.7. The first-order valence-corrected chi connectivity index (χ1v) is 7.93. The second-order valence-electron chi connectivity index (χ2n) is 6.45. The van der Waals surface area contributed by atoms with E-state index in [1.54, 1.807) is 0 Å². The highest BCUT2D eigenvalue weighted by molar-refractivity contribution is 6.11. The molecule has 11 nitrogen and oxygen atoms in total. The molecule has 0 aromatic rings. The predicted octanol–water partition coefficient (Wildman–Crippen LogP) is -2.94. The fraction of sp³-hybridized carbons (Fsp3) is 0.688. The van der Waals surface area contributed by atoms with Crippen LogP contribution in [0.3, 0.4) is 0 Å². The van der Waals surface area contributed by atoms with Gasteiger partial charge in [0, 0.05) is 20.8 Å². The Hall–Kier alpha value is -2.05. The lowest BCUT2D eigenvalue weighted by Gasteiger charge is -2.60. The van der Waals surface area contributed by atoms with Gasteiger partial charge in [-0.05, 0) is 13.8 Å². The molecule has 5 atom stereocenters. The Kier molecular flexibility index (Phi) is 6.10. The number of aliphatic hydroxyl groups excluding tert-OH is 2. The van der Waals surface area contributed by atoms with Crippen molar-refractivity contribution in [1.29, 1.82) is 0 Å². The quantitative estimate of drug-likeness (QED) is 0.380. The maximum atomic E-state index is 12.7. The van der Waals surface area contributed by atoms with Gasteiger partial charge in [-0.2, -0.15) is 0 Å². The van der Waals surface area contributed by atoms with Crippen LogP contribution in [0.1, 0.15) is 34.6 Å². The third-order valence-corrected chi connectivity index (χ3v) is 4.81. The van der Waals surface area contributed by atoms with E-state index in [1.165, 1.54) is 0 Å². The summed E-state index contributed by atoms with van der Waals surface area (Å²) in [4.78, 5) is 61.8. The van der Waals surface area contributed by atoms with Crippen molar-refractivity contribution in [1.82, 2.24) is 4.90 Å². The summed E-state index contributed by atoms with van der Waals surface area (Å²) in [6.07, 6.45) is -4.26. The predicted molar refractivity (Wildman–Crippen MR) is 85.8 cm³/mol. The molecule has 1 heterocycles. The summed E-state index contributed by atoms with van der Waals surface area (Å²) in [5.74, 6) is -9.93. The largest absolute Gasteiger partial charge is 0.394 e. The average molecular weight is 389 g/mol. The summed E-state index contributed by atoms with van der Waals surface area (Å²) in [6.45, 7) is 2.66. The Morgan fingerprint density at radius 3 is 1.59 bits per heavy atom. The number of carbonyl (C=O) groups excluding carboxylic acids is 5. The zero-order valence-corrected chi connectivity index (χ0v) is 15.5. The fourth-order valence-electron chi connectivity index (χ4n) is 3.73. The lowest BCUT2D eigenvalue weighted by atomic mass is 9.61. The number of Topliss-reactive ketones (excluding diaryl/α,β-unsaturated/α-hetero) is 3. The lowest BCUT2D eigenvalue weighted by Crippen LogP contribution is -2.90. The smallest absolute Gasteiger partial charge is 0.262 e. The van der Waals surface area contributed by atoms with Crippen LogP contribution in [0.2, 0.25) is 0 Å². The highest BCUT2D eigenvalue weighted by Crippen LogP contribution is 2.49. The van der Waals surface area contributed by atoms with Crippen molar-refractivity contribution in [3.63, 3.8) is 0 Å². The third-order valence-electron chi connectivity index (χ3n) is 4.81. The van der Waals surface area contributed by atoms with Crippen LogP contribution >= 0.6 is 0 Å². The number of hydrogen-bond donors (Lipinski definition) is 4. The normalized spacial score (nSPS) is 36.0. The van der Waals surface area contributed by atoms with Crippen molar-refractivity contribution in [2.75, 3.05) is 6.61 Å². The van der Waals surface area contributed by atoms with Crippen molar-refractivity contribution in [3.05, 3.63) is 0 Å². The highest BCUT2D eigenvalue weighted by atomic mass is 16.7. The summed E-state index contributed by atoms with van der Waals surface area (Å²) in [5.41, 5.74) is -6.69. The molecule has 27 heavy (non-hydrogen) atoms. The first-order chi connectivity index (χ1) is 12.2. The SMILES string of the molecule is CC(=O)N(C(C)=O)[C@]1(C(C)=O)C(O)(C(C)=O)O[C@H](CO)[C@@H](O)[C@@]1(O)C(C)=O. The second kappa shape index (κ2) is 7.17. The Balaban J connectivity index is 4.24. The van der Waals surface area contributed by atoms with Crippen LogP contribution in [0, 0.1) is 0 Å². The molecule has 4 N–H and O–H groups in total. The van der Waals surface area contributed by atoms with Crippen molar-refractivity contribution in [3.8, 4) is 0 Å². The molecule has 11 heteroatoms. The van der Waals surface area contributed by atoms with E-state index in [-0.39, 0.29) is 4.90 Å². The van der Waals surface area contributed by atoms with Crippen molar-refractivity contribution < 1.29 is 49.1 Å². The first kappa shape index (κ1) is 23.0. The molecule has 2 amide bonds. The van der Waals surface area contributed by atoms with Crippen LogP contribution < -0.4 is 0 Å². The molecule has 0 aliphatic carbocycles. The van der Waals surface area contributed by atoms with E-state index in [1.807, 2.05) is 0 Å². The molecule has 0 bridgehead atoms. The van der Waals surface area contributed by atoms with E-state index in [0.717, 1.165) is 27.7 Å². The Labute approximate surface area is 154 Å². The van der Waals surface area contributed by atoms with Crippen LogP contribution in [0.25, 0.3) is 0 Å². The van der Waals surface area contributed by atoms with Crippen LogP contribution in [-0.2, 0) is 28.7 Å². The Bertz CT molecular complexity index is 691. The van der Waals surface area contributed by atoms with Gasteiger partial charge in [-0.3, -0.25) is 28.9 Å². The topological polar surface area (TPSA) is 179 Å². The molecule has 1 aliphatic heterocycles. The van der Waals surface area contributed by atoms with Crippen molar-refractivity contribution in [2.45, 2.75) is 63.8 Å². The van der Waals surface area contributed by atoms with Gasteiger partial charge in [0.15, 0.2) is 23.0 Å². The van der Waals surface area contributed by atoms with Gasteiger partial charge in [-0.1, -0.05) is 0 Å². The zero-order valence-electron chi connectivity index (χ0n) is 15.5. The number of rotatable bonds is 5. The van der Waals surface area contributed by atoms with E-state index in [2.05, 4.69) is 0 Å². The van der Waals surface area contributed by atoms with Gasteiger partial charge in [0.25, 0.3) is 5.79 Å². The van der Waals surface area contributed by atoms with E-state index in [4.69, 9.17) is 4.74 Å². The minimum atomic E-state index is -3.43. The first-order valence-electron chi connectivity index (χ1n) is 7.93. The van der Waals surface area contributed by atoms with Crippen molar-refractivity contribution in [2.24, 2.45) is 0 Å². The van der Waals surface area contributed by atoms with E-state index in [9.17, 15) is 44.4 Å². The summed E-state index contributed by atoms with van der Waals surface area (Å²) in [6, 6.07) is 0. The molecule has 1 rings (SSSR count). The average Bonchev–Trinajstić information content (AvgIpc) is 2.53. The molecule has 1 saturated heterocycles. The summed E-state index contributed by atoms with van der Waals surface area (Å²) in [5, 5.41) is 42.1. The van der Waals surface area contributed by atoms with Crippen LogP contribution in [0.4, 0.5) is 0 Å². The number of imide groups is 1. The third kappa shape index (κ3) is 2.74. The molecule has 0 radical (unpaired) electrons. The van der Waals surface area contributed by atoms with E-state index in [0.29, 0.717) is 6.92 Å². The summed E-state index contributed by atoms with van der Waals surface area (Å²) in [7, 11) is 0. The summed E-state index contributed by atoms with van der Waals surface area (Å²) < 4.78 is 5.03. The molecule has 0 aromatic carbocycles. The minimum absolute atomic E-state index is 0.0228. The van der Waals surface area contributed by atoms with Gasteiger partial charge in [-0.15, -0.1) is 0 Å². The molecular weight excluding hydrogens is 366 g/mol. The number of amides is 2. The number of carbonyl (C=O) groups is 5. The van der Waals surface area contributed by atoms with Gasteiger partial charge < -0.3 is 25.2 Å². The number of hydrogen-bond acceptors (Lipinski definition) is 10. The second-order valence-corrected chi connectivity index (χ2v) is 6.45. The van der Waals surface area contributed by atoms with Gasteiger partial charge in [-0.25, -0.2) is 0 Å². The molecule has 152 valence electrons. The van der Waals surface area contributed by atoms with Crippen LogP contribution in [0.5, 0.6) is 0 Å². The molecule has 0 spiro atoms. The molecule has 1 aliphatic rings. The number of ketones is 3. The highest BCUT2D eigenvalue weighted by Gasteiger charge is 2.81. The molecule has 0 aromatic heterocycles. The van der Waals surface area contributed by atoms with Crippen LogP contribution in [-0.4, -0.2) is 90.2 Å². The fourth-order valence-corrected chi connectivity index (χ4v) is 3.73. The minimum Gasteiger partial charge on any atom is -0.394 e. The van der Waals surface area contributed by atoms with Gasteiger partial charge in [0.05, 0.1) is 6.61 Å². The molecule has 1 fully saturated rings. The zero-order chi connectivity index (χ0) is 21.5. The Morgan fingerprint density at radius 2 is 1.33 bits per heavy atom.